The molecular weight excluding hydrogens is 360 g/mol. The van der Waals surface area contributed by atoms with Gasteiger partial charge in [0.05, 0.1) is 0 Å². The van der Waals surface area contributed by atoms with Crippen molar-refractivity contribution in [3.8, 4) is 0 Å². The summed E-state index contributed by atoms with van der Waals surface area (Å²) in [6, 6.07) is 8.41. The van der Waals surface area contributed by atoms with Crippen LogP contribution in [0.1, 0.15) is 64.9 Å². The third-order valence-corrected chi connectivity index (χ3v) is 6.14. The number of piperidine rings is 1. The number of ether oxygens (including phenoxy) is 1. The number of alkyl carbamates (subject to hydrolysis) is 1. The smallest absolute Gasteiger partial charge is 0.407 e. The van der Waals surface area contributed by atoms with Gasteiger partial charge in [0.1, 0.15) is 5.60 Å². The molecule has 1 atom stereocenters. The number of nitrogens with zero attached hydrogens (tertiary/aromatic N) is 1. The summed E-state index contributed by atoms with van der Waals surface area (Å²) < 4.78 is 5.44. The lowest BCUT2D eigenvalue weighted by molar-refractivity contribution is -0.0156. The maximum Gasteiger partial charge on any atom is 0.407 e. The molecule has 3 rings (SSSR count). The van der Waals surface area contributed by atoms with E-state index in [2.05, 4.69) is 22.3 Å². The molecule has 150 valence electrons. The molecule has 1 aromatic carbocycles. The van der Waals surface area contributed by atoms with Gasteiger partial charge in [-0.1, -0.05) is 23.7 Å². The molecule has 1 aliphatic heterocycles. The second-order valence-electron chi connectivity index (χ2n) is 9.14. The highest BCUT2D eigenvalue weighted by Crippen LogP contribution is 2.42. The van der Waals surface area contributed by atoms with Crippen LogP contribution in [0.15, 0.2) is 24.3 Å². The van der Waals surface area contributed by atoms with Gasteiger partial charge in [0.15, 0.2) is 0 Å². The number of carbonyl (C=O) groups is 1. The van der Waals surface area contributed by atoms with E-state index < -0.39 is 5.60 Å². The van der Waals surface area contributed by atoms with Gasteiger partial charge in [-0.05, 0) is 90.0 Å². The van der Waals surface area contributed by atoms with E-state index in [0.717, 1.165) is 37.4 Å². The normalized spacial score (nSPS) is 22.7. The van der Waals surface area contributed by atoms with Crippen molar-refractivity contribution in [1.82, 2.24) is 10.2 Å². The van der Waals surface area contributed by atoms with Crippen molar-refractivity contribution in [1.29, 1.82) is 0 Å². The molecule has 0 bridgehead atoms. The molecule has 4 nitrogen and oxygen atoms in total. The van der Waals surface area contributed by atoms with E-state index in [0.29, 0.717) is 5.54 Å². The van der Waals surface area contributed by atoms with Crippen LogP contribution in [0.25, 0.3) is 0 Å². The van der Waals surface area contributed by atoms with E-state index in [1.54, 1.807) is 0 Å². The van der Waals surface area contributed by atoms with Crippen LogP contribution >= 0.6 is 11.6 Å². The summed E-state index contributed by atoms with van der Waals surface area (Å²) in [6.07, 6.45) is 7.96. The third kappa shape index (κ3) is 5.61. The van der Waals surface area contributed by atoms with Crippen LogP contribution in [0, 0.1) is 0 Å². The highest BCUT2D eigenvalue weighted by molar-refractivity contribution is 6.30. The Kier molecular flexibility index (Phi) is 6.37. The van der Waals surface area contributed by atoms with Gasteiger partial charge in [-0.3, -0.25) is 4.90 Å². The molecule has 5 heteroatoms. The SMILES string of the molecule is CC(C)(C)OC(=O)NC1CCCN(C2(CCc3ccc(Cl)cc3)CCC2)C1. The monoisotopic (exact) mass is 392 g/mol. The fourth-order valence-electron chi connectivity index (χ4n) is 4.34. The zero-order valence-corrected chi connectivity index (χ0v) is 17.6. The Hall–Kier alpha value is -1.26. The van der Waals surface area contributed by atoms with E-state index in [1.807, 2.05) is 32.9 Å². The van der Waals surface area contributed by atoms with Crippen molar-refractivity contribution in [2.75, 3.05) is 13.1 Å². The van der Waals surface area contributed by atoms with Crippen LogP contribution < -0.4 is 5.32 Å². The number of likely N-dealkylation sites (tertiary alicyclic amines) is 1. The predicted octanol–water partition coefficient (Wildman–Crippen LogP) is 5.18. The Morgan fingerprint density at radius 3 is 2.56 bits per heavy atom. The van der Waals surface area contributed by atoms with Crippen LogP contribution in [0.5, 0.6) is 0 Å². The fourth-order valence-corrected chi connectivity index (χ4v) is 4.46. The van der Waals surface area contributed by atoms with Gasteiger partial charge in [-0.2, -0.15) is 0 Å². The van der Waals surface area contributed by atoms with E-state index in [9.17, 15) is 4.79 Å². The Balaban J connectivity index is 1.56. The second-order valence-corrected chi connectivity index (χ2v) is 9.57. The lowest BCUT2D eigenvalue weighted by atomic mass is 9.71. The first-order valence-corrected chi connectivity index (χ1v) is 10.6. The minimum absolute atomic E-state index is 0.182. The summed E-state index contributed by atoms with van der Waals surface area (Å²) in [5.74, 6) is 0. The molecule has 1 N–H and O–H groups in total. The van der Waals surface area contributed by atoms with Crippen molar-refractivity contribution in [3.63, 3.8) is 0 Å². The summed E-state index contributed by atoms with van der Waals surface area (Å²) in [5, 5.41) is 3.88. The number of hydrogen-bond acceptors (Lipinski definition) is 3. The molecule has 1 unspecified atom stereocenters. The van der Waals surface area contributed by atoms with Gasteiger partial charge in [0.25, 0.3) is 0 Å². The zero-order valence-electron chi connectivity index (χ0n) is 16.9. The molecule has 1 saturated carbocycles. The molecule has 1 amide bonds. The maximum absolute atomic E-state index is 12.1. The fraction of sp³-hybridized carbons (Fsp3) is 0.682. The summed E-state index contributed by atoms with van der Waals surface area (Å²) in [5.41, 5.74) is 1.20. The Labute approximate surface area is 168 Å². The molecule has 27 heavy (non-hydrogen) atoms. The van der Waals surface area contributed by atoms with Crippen molar-refractivity contribution >= 4 is 17.7 Å². The average molecular weight is 393 g/mol. The van der Waals surface area contributed by atoms with Gasteiger partial charge >= 0.3 is 6.09 Å². The molecule has 0 aromatic heterocycles. The number of aryl methyl sites for hydroxylation is 1. The van der Waals surface area contributed by atoms with Crippen molar-refractivity contribution in [3.05, 3.63) is 34.9 Å². The van der Waals surface area contributed by atoms with Crippen LogP contribution in [0.3, 0.4) is 0 Å². The van der Waals surface area contributed by atoms with Crippen LogP contribution in [-0.2, 0) is 11.2 Å². The van der Waals surface area contributed by atoms with E-state index in [1.165, 1.54) is 31.2 Å². The number of carbonyl (C=O) groups excluding carboxylic acids is 1. The molecule has 1 heterocycles. The summed E-state index contributed by atoms with van der Waals surface area (Å²) >= 11 is 6.01. The molecule has 1 aromatic rings. The Bertz CT molecular complexity index is 635. The summed E-state index contributed by atoms with van der Waals surface area (Å²) in [6.45, 7) is 7.77. The molecule has 1 saturated heterocycles. The Morgan fingerprint density at radius 2 is 1.96 bits per heavy atom. The van der Waals surface area contributed by atoms with Crippen LogP contribution in [0.2, 0.25) is 5.02 Å². The minimum Gasteiger partial charge on any atom is -0.444 e. The Morgan fingerprint density at radius 1 is 1.26 bits per heavy atom. The standard InChI is InChI=1S/C22H33ClN2O2/c1-21(2,3)27-20(26)24-19-6-4-15-25(16-19)22(12-5-13-22)14-11-17-7-9-18(23)10-8-17/h7-10,19H,4-6,11-16H2,1-3H3,(H,24,26). The molecule has 0 radical (unpaired) electrons. The lowest BCUT2D eigenvalue weighted by Crippen LogP contribution is -2.60. The minimum atomic E-state index is -0.452. The molecule has 0 spiro atoms. The highest BCUT2D eigenvalue weighted by atomic mass is 35.5. The topological polar surface area (TPSA) is 41.6 Å². The quantitative estimate of drug-likeness (QED) is 0.750. The van der Waals surface area contributed by atoms with Crippen molar-refractivity contribution in [2.45, 2.75) is 82.9 Å². The third-order valence-electron chi connectivity index (χ3n) is 5.89. The van der Waals surface area contributed by atoms with Gasteiger partial charge in [-0.15, -0.1) is 0 Å². The zero-order chi connectivity index (χ0) is 19.5. The largest absolute Gasteiger partial charge is 0.444 e. The summed E-state index contributed by atoms with van der Waals surface area (Å²) in [4.78, 5) is 14.8. The highest BCUT2D eigenvalue weighted by Gasteiger charge is 2.43. The first-order chi connectivity index (χ1) is 12.8. The molecule has 2 aliphatic rings. The van der Waals surface area contributed by atoms with Gasteiger partial charge in [0, 0.05) is 23.1 Å². The lowest BCUT2D eigenvalue weighted by Gasteiger charge is -2.53. The number of rotatable bonds is 5. The first-order valence-electron chi connectivity index (χ1n) is 10.2. The number of amides is 1. The maximum atomic E-state index is 12.1. The van der Waals surface area contributed by atoms with E-state index >= 15 is 0 Å². The first kappa shape index (κ1) is 20.5. The van der Waals surface area contributed by atoms with Crippen molar-refractivity contribution in [2.24, 2.45) is 0 Å². The van der Waals surface area contributed by atoms with Crippen LogP contribution in [-0.4, -0.2) is 41.3 Å². The predicted molar refractivity (Wildman–Crippen MR) is 110 cm³/mol. The molecular formula is C22H33ClN2O2. The van der Waals surface area contributed by atoms with E-state index in [4.69, 9.17) is 16.3 Å². The number of hydrogen-bond donors (Lipinski definition) is 1. The second kappa shape index (κ2) is 8.40. The van der Waals surface area contributed by atoms with Crippen molar-refractivity contribution < 1.29 is 9.53 Å². The van der Waals surface area contributed by atoms with Gasteiger partial charge in [0.2, 0.25) is 0 Å². The molecule has 1 aliphatic carbocycles. The number of halogens is 1. The van der Waals surface area contributed by atoms with Gasteiger partial charge < -0.3 is 10.1 Å². The van der Waals surface area contributed by atoms with Gasteiger partial charge in [-0.25, -0.2) is 4.79 Å². The summed E-state index contributed by atoms with van der Waals surface area (Å²) in [7, 11) is 0. The van der Waals surface area contributed by atoms with Crippen LogP contribution in [0.4, 0.5) is 4.79 Å². The number of nitrogens with one attached hydrogen (secondary N) is 1. The average Bonchev–Trinajstić information content (AvgIpc) is 2.54. The van der Waals surface area contributed by atoms with E-state index in [-0.39, 0.29) is 12.1 Å². The number of benzene rings is 1. The molecule has 2 fully saturated rings.